The summed E-state index contributed by atoms with van der Waals surface area (Å²) in [5.74, 6) is 0. The standard InChI is InChI=1S/C16H18Cl3N3O2S/c1-5-6-22-11(3)12(10(2)20-22)9-21(4)25(23,24)16-8-14(18)13(17)7-15(16)19/h5,7-8H,1,6,9H2,2-4H3. The Morgan fingerprint density at radius 3 is 2.40 bits per heavy atom. The molecule has 1 heterocycles. The van der Waals surface area contributed by atoms with E-state index in [-0.39, 0.29) is 26.5 Å². The Morgan fingerprint density at radius 2 is 1.80 bits per heavy atom. The van der Waals surface area contributed by atoms with Gasteiger partial charge in [0.2, 0.25) is 10.0 Å². The summed E-state index contributed by atoms with van der Waals surface area (Å²) in [5.41, 5.74) is 2.49. The van der Waals surface area contributed by atoms with Gasteiger partial charge in [-0.25, -0.2) is 8.42 Å². The Morgan fingerprint density at radius 1 is 1.20 bits per heavy atom. The minimum Gasteiger partial charge on any atom is -0.265 e. The SMILES string of the molecule is C=CCn1nc(C)c(CN(C)S(=O)(=O)c2cc(Cl)c(Cl)cc2Cl)c1C. The minimum atomic E-state index is -3.84. The van der Waals surface area contributed by atoms with Crippen LogP contribution in [0, 0.1) is 13.8 Å². The summed E-state index contributed by atoms with van der Waals surface area (Å²) < 4.78 is 28.7. The molecule has 0 aliphatic heterocycles. The molecule has 0 N–H and O–H groups in total. The maximum atomic E-state index is 12.9. The third kappa shape index (κ3) is 4.04. The van der Waals surface area contributed by atoms with Crippen LogP contribution in [0.5, 0.6) is 0 Å². The zero-order valence-corrected chi connectivity index (χ0v) is 17.1. The first-order chi connectivity index (χ1) is 11.6. The molecule has 5 nitrogen and oxygen atoms in total. The van der Waals surface area contributed by atoms with Gasteiger partial charge in [-0.1, -0.05) is 40.9 Å². The lowest BCUT2D eigenvalue weighted by Gasteiger charge is -2.19. The molecule has 0 radical (unpaired) electrons. The van der Waals surface area contributed by atoms with Crippen LogP contribution in [-0.4, -0.2) is 29.6 Å². The number of nitrogens with zero attached hydrogens (tertiary/aromatic N) is 3. The normalized spacial score (nSPS) is 12.0. The highest BCUT2D eigenvalue weighted by Gasteiger charge is 2.26. The Labute approximate surface area is 162 Å². The van der Waals surface area contributed by atoms with Crippen LogP contribution in [0.3, 0.4) is 0 Å². The molecule has 0 aliphatic carbocycles. The van der Waals surface area contributed by atoms with Gasteiger partial charge in [-0.3, -0.25) is 4.68 Å². The number of sulfonamides is 1. The molecule has 0 saturated carbocycles. The van der Waals surface area contributed by atoms with Crippen LogP contribution in [0.4, 0.5) is 0 Å². The molecule has 136 valence electrons. The van der Waals surface area contributed by atoms with E-state index in [0.29, 0.717) is 6.54 Å². The summed E-state index contributed by atoms with van der Waals surface area (Å²) >= 11 is 17.9. The second-order valence-electron chi connectivity index (χ2n) is 5.58. The number of rotatable bonds is 6. The van der Waals surface area contributed by atoms with E-state index in [1.165, 1.54) is 23.5 Å². The molecule has 2 rings (SSSR count). The van der Waals surface area contributed by atoms with Crippen molar-refractivity contribution in [3.63, 3.8) is 0 Å². The fourth-order valence-corrected chi connectivity index (χ4v) is 4.55. The Kier molecular flexibility index (Phi) is 6.22. The van der Waals surface area contributed by atoms with E-state index < -0.39 is 10.0 Å². The Bertz CT molecular complexity index is 923. The van der Waals surface area contributed by atoms with E-state index in [1.54, 1.807) is 10.8 Å². The number of hydrogen-bond acceptors (Lipinski definition) is 3. The molecule has 0 spiro atoms. The van der Waals surface area contributed by atoms with Crippen molar-refractivity contribution in [1.82, 2.24) is 14.1 Å². The fourth-order valence-electron chi connectivity index (χ4n) is 2.44. The van der Waals surface area contributed by atoms with Crippen molar-refractivity contribution >= 4 is 44.8 Å². The van der Waals surface area contributed by atoms with Gasteiger partial charge in [-0.2, -0.15) is 9.40 Å². The Hall–Kier alpha value is -1.05. The van der Waals surface area contributed by atoms with Gasteiger partial charge in [0.1, 0.15) is 4.90 Å². The van der Waals surface area contributed by atoms with Crippen LogP contribution in [-0.2, 0) is 23.1 Å². The molecule has 0 atom stereocenters. The summed E-state index contributed by atoms with van der Waals surface area (Å²) in [4.78, 5) is -0.0835. The number of aromatic nitrogens is 2. The highest BCUT2D eigenvalue weighted by atomic mass is 35.5. The summed E-state index contributed by atoms with van der Waals surface area (Å²) in [6.07, 6.45) is 1.74. The van der Waals surface area contributed by atoms with E-state index in [9.17, 15) is 8.42 Å². The van der Waals surface area contributed by atoms with Gasteiger partial charge in [0, 0.05) is 24.8 Å². The lowest BCUT2D eigenvalue weighted by atomic mass is 10.2. The smallest absolute Gasteiger partial charge is 0.244 e. The molecule has 1 aromatic heterocycles. The van der Waals surface area contributed by atoms with Gasteiger partial charge in [0.15, 0.2) is 0 Å². The van der Waals surface area contributed by atoms with Crippen LogP contribution in [0.15, 0.2) is 29.7 Å². The molecule has 1 aromatic carbocycles. The molecule has 0 unspecified atom stereocenters. The van der Waals surface area contributed by atoms with Crippen molar-refractivity contribution < 1.29 is 8.42 Å². The largest absolute Gasteiger partial charge is 0.265 e. The van der Waals surface area contributed by atoms with Crippen LogP contribution < -0.4 is 0 Å². The first-order valence-electron chi connectivity index (χ1n) is 7.34. The molecule has 9 heteroatoms. The zero-order valence-electron chi connectivity index (χ0n) is 14.1. The lowest BCUT2D eigenvalue weighted by Crippen LogP contribution is -2.27. The van der Waals surface area contributed by atoms with E-state index in [1.807, 2.05) is 13.8 Å². The maximum Gasteiger partial charge on any atom is 0.244 e. The first-order valence-corrected chi connectivity index (χ1v) is 9.91. The van der Waals surface area contributed by atoms with Gasteiger partial charge in [0.25, 0.3) is 0 Å². The van der Waals surface area contributed by atoms with Gasteiger partial charge >= 0.3 is 0 Å². The predicted octanol–water partition coefficient (Wildman–Crippen LogP) is 4.47. The first kappa shape index (κ1) is 20.3. The Balaban J connectivity index is 2.39. The average molecular weight is 423 g/mol. The summed E-state index contributed by atoms with van der Waals surface area (Å²) in [5, 5.41) is 4.76. The average Bonchev–Trinajstić information content (AvgIpc) is 2.78. The van der Waals surface area contributed by atoms with E-state index in [2.05, 4.69) is 11.7 Å². The van der Waals surface area contributed by atoms with E-state index >= 15 is 0 Å². The number of benzene rings is 1. The predicted molar refractivity (Wildman–Crippen MR) is 102 cm³/mol. The van der Waals surface area contributed by atoms with Crippen LogP contribution in [0.25, 0.3) is 0 Å². The zero-order chi connectivity index (χ0) is 18.9. The van der Waals surface area contributed by atoms with Gasteiger partial charge < -0.3 is 0 Å². The second-order valence-corrected chi connectivity index (χ2v) is 8.81. The summed E-state index contributed by atoms with van der Waals surface area (Å²) in [6.45, 7) is 8.15. The number of aryl methyl sites for hydroxylation is 1. The molecule has 0 saturated heterocycles. The molecule has 0 fully saturated rings. The van der Waals surface area contributed by atoms with Crippen molar-refractivity contribution in [3.8, 4) is 0 Å². The van der Waals surface area contributed by atoms with Crippen molar-refractivity contribution in [1.29, 1.82) is 0 Å². The molecule has 25 heavy (non-hydrogen) atoms. The van der Waals surface area contributed by atoms with Crippen molar-refractivity contribution in [3.05, 3.63) is 56.8 Å². The topological polar surface area (TPSA) is 55.2 Å². The van der Waals surface area contributed by atoms with Gasteiger partial charge in [-0.15, -0.1) is 6.58 Å². The van der Waals surface area contributed by atoms with Crippen molar-refractivity contribution in [2.24, 2.45) is 0 Å². The van der Waals surface area contributed by atoms with Gasteiger partial charge in [0.05, 0.1) is 27.3 Å². The van der Waals surface area contributed by atoms with E-state index in [4.69, 9.17) is 34.8 Å². The third-order valence-corrected chi connectivity index (χ3v) is 6.87. The maximum absolute atomic E-state index is 12.9. The fraction of sp³-hybridized carbons (Fsp3) is 0.312. The molecule has 2 aromatic rings. The molecular formula is C16H18Cl3N3O2S. The number of hydrogen-bond donors (Lipinski definition) is 0. The van der Waals surface area contributed by atoms with Crippen molar-refractivity contribution in [2.45, 2.75) is 31.8 Å². The molecule has 0 aliphatic rings. The highest BCUT2D eigenvalue weighted by molar-refractivity contribution is 7.89. The minimum absolute atomic E-state index is 0.0250. The molecular weight excluding hydrogens is 405 g/mol. The third-order valence-electron chi connectivity index (χ3n) is 3.88. The highest BCUT2D eigenvalue weighted by Crippen LogP contribution is 2.33. The molecule has 0 amide bonds. The summed E-state index contributed by atoms with van der Waals surface area (Å²) in [6, 6.07) is 2.59. The quantitative estimate of drug-likeness (QED) is 0.510. The summed E-state index contributed by atoms with van der Waals surface area (Å²) in [7, 11) is -2.36. The van der Waals surface area contributed by atoms with Crippen LogP contribution in [0.1, 0.15) is 17.0 Å². The molecule has 0 bridgehead atoms. The second kappa shape index (κ2) is 7.68. The number of halogens is 3. The van der Waals surface area contributed by atoms with Crippen molar-refractivity contribution in [2.75, 3.05) is 7.05 Å². The number of allylic oxidation sites excluding steroid dienone is 1. The van der Waals surface area contributed by atoms with Gasteiger partial charge in [-0.05, 0) is 26.0 Å². The van der Waals surface area contributed by atoms with E-state index in [0.717, 1.165) is 17.0 Å². The monoisotopic (exact) mass is 421 g/mol. The van der Waals surface area contributed by atoms with Crippen LogP contribution >= 0.6 is 34.8 Å². The lowest BCUT2D eigenvalue weighted by molar-refractivity contribution is 0.465. The van der Waals surface area contributed by atoms with Crippen LogP contribution in [0.2, 0.25) is 15.1 Å².